The third-order valence-electron chi connectivity index (χ3n) is 5.14. The van der Waals surface area contributed by atoms with Crippen molar-refractivity contribution in [1.82, 2.24) is 9.88 Å². The Kier molecular flexibility index (Phi) is 6.13. The summed E-state index contributed by atoms with van der Waals surface area (Å²) in [5.74, 6) is -0.149. The summed E-state index contributed by atoms with van der Waals surface area (Å²) >= 11 is 6.12. The second-order valence-corrected chi connectivity index (χ2v) is 10.9. The minimum Gasteiger partial charge on any atom is -0.349 e. The fourth-order valence-corrected chi connectivity index (χ4v) is 4.58. The van der Waals surface area contributed by atoms with Crippen molar-refractivity contribution in [1.29, 1.82) is 0 Å². The fraction of sp³-hybridized carbons (Fsp3) is 0.348. The Morgan fingerprint density at radius 3 is 2.26 bits per heavy atom. The molecule has 2 aromatic carbocycles. The van der Waals surface area contributed by atoms with E-state index in [0.29, 0.717) is 22.5 Å². The summed E-state index contributed by atoms with van der Waals surface area (Å²) in [4.78, 5) is 13.8. The second-order valence-electron chi connectivity index (χ2n) is 8.72. The molecule has 0 saturated heterocycles. The van der Waals surface area contributed by atoms with Gasteiger partial charge in [0.25, 0.3) is 5.91 Å². The van der Waals surface area contributed by atoms with E-state index in [0.717, 1.165) is 17.3 Å². The number of amides is 1. The van der Waals surface area contributed by atoms with E-state index < -0.39 is 21.1 Å². The molecule has 8 heteroatoms. The predicted octanol–water partition coefficient (Wildman–Crippen LogP) is 4.73. The average molecular weight is 462 g/mol. The lowest BCUT2D eigenvalue weighted by molar-refractivity contribution is -0.129. The van der Waals surface area contributed by atoms with Crippen LogP contribution in [0.2, 0.25) is 5.02 Å². The highest BCUT2D eigenvalue weighted by Gasteiger charge is 2.42. The Bertz CT molecular complexity index is 1210. The maximum atomic E-state index is 13.8. The summed E-state index contributed by atoms with van der Waals surface area (Å²) in [6.07, 6.45) is 3.42. The van der Waals surface area contributed by atoms with E-state index in [9.17, 15) is 13.2 Å². The molecular weight excluding hydrogens is 434 g/mol. The summed E-state index contributed by atoms with van der Waals surface area (Å²) in [7, 11) is -3.45. The monoisotopic (exact) mass is 461 g/mol. The van der Waals surface area contributed by atoms with Crippen LogP contribution in [0, 0.1) is 0 Å². The molecule has 3 rings (SSSR count). The van der Waals surface area contributed by atoms with E-state index >= 15 is 0 Å². The average Bonchev–Trinajstić information content (AvgIpc) is 3.07. The van der Waals surface area contributed by atoms with E-state index in [1.807, 2.05) is 62.7 Å². The molecule has 2 N–H and O–H groups in total. The van der Waals surface area contributed by atoms with Crippen LogP contribution in [-0.2, 0) is 20.4 Å². The molecule has 6 nitrogen and oxygen atoms in total. The van der Waals surface area contributed by atoms with Crippen molar-refractivity contribution >= 4 is 44.1 Å². The van der Waals surface area contributed by atoms with Crippen LogP contribution in [-0.4, -0.2) is 30.7 Å². The molecule has 1 aromatic heterocycles. The van der Waals surface area contributed by atoms with Gasteiger partial charge in [-0.05, 0) is 63.1 Å². The molecule has 0 radical (unpaired) electrons. The van der Waals surface area contributed by atoms with Gasteiger partial charge in [0.1, 0.15) is 5.54 Å². The highest BCUT2D eigenvalue weighted by Crippen LogP contribution is 2.37. The number of halogens is 1. The van der Waals surface area contributed by atoms with Gasteiger partial charge in [0, 0.05) is 22.1 Å². The van der Waals surface area contributed by atoms with Crippen LogP contribution in [0.4, 0.5) is 5.69 Å². The quantitative estimate of drug-likeness (QED) is 0.556. The zero-order valence-corrected chi connectivity index (χ0v) is 19.9. The Balaban J connectivity index is 2.29. The molecule has 1 amide bonds. The Labute approximate surface area is 188 Å². The van der Waals surface area contributed by atoms with Crippen molar-refractivity contribution in [3.63, 3.8) is 0 Å². The molecule has 0 bridgehead atoms. The Morgan fingerprint density at radius 2 is 1.71 bits per heavy atom. The summed E-state index contributed by atoms with van der Waals surface area (Å²) in [6.45, 7) is 7.78. The number of sulfonamides is 1. The van der Waals surface area contributed by atoms with E-state index in [1.165, 1.54) is 0 Å². The normalized spacial score (nSPS) is 14.3. The van der Waals surface area contributed by atoms with E-state index in [4.69, 9.17) is 11.6 Å². The van der Waals surface area contributed by atoms with Crippen LogP contribution in [0.3, 0.4) is 0 Å². The highest BCUT2D eigenvalue weighted by atomic mass is 35.5. The first-order chi connectivity index (χ1) is 14.4. The lowest BCUT2D eigenvalue weighted by Gasteiger charge is -2.37. The largest absolute Gasteiger partial charge is 0.349 e. The number of nitrogens with one attached hydrogen (secondary N) is 2. The van der Waals surface area contributed by atoms with Gasteiger partial charge in [-0.25, -0.2) is 8.42 Å². The Hall–Kier alpha value is -2.51. The van der Waals surface area contributed by atoms with Gasteiger partial charge in [-0.15, -0.1) is 0 Å². The second kappa shape index (κ2) is 8.20. The Morgan fingerprint density at radius 1 is 1.06 bits per heavy atom. The molecule has 31 heavy (non-hydrogen) atoms. The van der Waals surface area contributed by atoms with Crippen molar-refractivity contribution in [3.05, 3.63) is 65.3 Å². The van der Waals surface area contributed by atoms with Crippen molar-refractivity contribution in [3.8, 4) is 0 Å². The van der Waals surface area contributed by atoms with Gasteiger partial charge < -0.3 is 9.88 Å². The van der Waals surface area contributed by atoms with Crippen molar-refractivity contribution in [2.45, 2.75) is 45.2 Å². The minimum absolute atomic E-state index is 0.149. The van der Waals surface area contributed by atoms with Crippen LogP contribution in [0.5, 0.6) is 0 Å². The number of rotatable bonds is 6. The lowest BCUT2D eigenvalue weighted by atomic mass is 9.84. The SMILES string of the molecule is CCC(C(=O)NC(C)(C)C)(c1ccc(Cl)cc1)n1ccc2c(NS(C)(=O)=O)cccc21. The van der Waals surface area contributed by atoms with Crippen LogP contribution >= 0.6 is 11.6 Å². The summed E-state index contributed by atoms with van der Waals surface area (Å²) in [5.41, 5.74) is 0.518. The summed E-state index contributed by atoms with van der Waals surface area (Å²) < 4.78 is 28.1. The van der Waals surface area contributed by atoms with Crippen molar-refractivity contribution < 1.29 is 13.2 Å². The zero-order chi connectivity index (χ0) is 23.0. The molecule has 0 spiro atoms. The number of carbonyl (C=O) groups excluding carboxylic acids is 1. The molecule has 1 atom stereocenters. The molecule has 0 aliphatic heterocycles. The van der Waals surface area contributed by atoms with Gasteiger partial charge >= 0.3 is 0 Å². The number of hydrogen-bond acceptors (Lipinski definition) is 3. The number of aromatic nitrogens is 1. The summed E-state index contributed by atoms with van der Waals surface area (Å²) in [5, 5.41) is 4.42. The fourth-order valence-electron chi connectivity index (χ4n) is 3.87. The number of benzene rings is 2. The molecule has 1 heterocycles. The first-order valence-corrected chi connectivity index (χ1v) is 12.3. The number of nitrogens with zero attached hydrogens (tertiary/aromatic N) is 1. The van der Waals surface area contributed by atoms with Gasteiger partial charge in [-0.2, -0.15) is 0 Å². The maximum absolute atomic E-state index is 13.8. The molecule has 0 aliphatic rings. The molecule has 0 saturated carbocycles. The maximum Gasteiger partial charge on any atom is 0.251 e. The smallest absolute Gasteiger partial charge is 0.251 e. The zero-order valence-electron chi connectivity index (χ0n) is 18.4. The van der Waals surface area contributed by atoms with E-state index in [-0.39, 0.29) is 5.91 Å². The third kappa shape index (κ3) is 4.72. The van der Waals surface area contributed by atoms with Gasteiger partial charge in [0.15, 0.2) is 0 Å². The molecule has 1 unspecified atom stereocenters. The number of anilines is 1. The van der Waals surface area contributed by atoms with Crippen LogP contribution in [0.1, 0.15) is 39.7 Å². The predicted molar refractivity (Wildman–Crippen MR) is 127 cm³/mol. The van der Waals surface area contributed by atoms with Gasteiger partial charge in [0.05, 0.1) is 17.5 Å². The van der Waals surface area contributed by atoms with E-state index in [2.05, 4.69) is 10.0 Å². The molecule has 166 valence electrons. The molecule has 0 fully saturated rings. The topological polar surface area (TPSA) is 80.2 Å². The third-order valence-corrected chi connectivity index (χ3v) is 5.98. The van der Waals surface area contributed by atoms with Gasteiger partial charge in [-0.1, -0.05) is 36.7 Å². The van der Waals surface area contributed by atoms with Crippen LogP contribution in [0.25, 0.3) is 10.9 Å². The molecule has 0 aliphatic carbocycles. The van der Waals surface area contributed by atoms with Crippen LogP contribution < -0.4 is 10.0 Å². The van der Waals surface area contributed by atoms with Gasteiger partial charge in [-0.3, -0.25) is 9.52 Å². The number of carbonyl (C=O) groups is 1. The minimum atomic E-state index is -3.45. The highest BCUT2D eigenvalue weighted by molar-refractivity contribution is 7.92. The molecule has 3 aromatic rings. The van der Waals surface area contributed by atoms with Crippen LogP contribution in [0.15, 0.2) is 54.7 Å². The van der Waals surface area contributed by atoms with Gasteiger partial charge in [0.2, 0.25) is 10.0 Å². The summed E-state index contributed by atoms with van der Waals surface area (Å²) in [6, 6.07) is 14.5. The lowest BCUT2D eigenvalue weighted by Crippen LogP contribution is -2.54. The van der Waals surface area contributed by atoms with Crippen molar-refractivity contribution in [2.75, 3.05) is 11.0 Å². The van der Waals surface area contributed by atoms with Crippen molar-refractivity contribution in [2.24, 2.45) is 0 Å². The molecular formula is C23H28ClN3O3S. The van der Waals surface area contributed by atoms with E-state index in [1.54, 1.807) is 24.3 Å². The number of hydrogen-bond donors (Lipinski definition) is 2. The standard InChI is InChI=1S/C23H28ClN3O3S/c1-6-23(21(28)25-22(2,3)4,16-10-12-17(24)13-11-16)27-15-14-18-19(26-31(5,29)30)8-7-9-20(18)27/h7-15,26H,6H2,1-5H3,(H,25,28). The first-order valence-electron chi connectivity index (χ1n) is 10.0. The number of fused-ring (bicyclic) bond motifs is 1. The first kappa shape index (κ1) is 23.2.